The van der Waals surface area contributed by atoms with E-state index >= 15 is 0 Å². The Balaban J connectivity index is -0.0000000118. The van der Waals surface area contributed by atoms with Gasteiger partial charge in [-0.15, -0.1) is 0 Å². The summed E-state index contributed by atoms with van der Waals surface area (Å²) in [5.41, 5.74) is 9.17. The molecule has 0 aliphatic carbocycles. The Morgan fingerprint density at radius 2 is 0.538 bits per heavy atom. The summed E-state index contributed by atoms with van der Waals surface area (Å²) in [6.45, 7) is 0. The van der Waals surface area contributed by atoms with Gasteiger partial charge in [-0.05, 0) is 0 Å². The molecule has 0 aromatic carbocycles. The first-order valence-electron chi connectivity index (χ1n) is 2.87. The van der Waals surface area contributed by atoms with Crippen LogP contribution in [0.4, 0.5) is 0 Å². The molecule has 26 heavy (non-hydrogen) atoms. The van der Waals surface area contributed by atoms with Crippen molar-refractivity contribution in [1.82, 2.24) is 0 Å². The van der Waals surface area contributed by atoms with Gasteiger partial charge in [0.25, 0.3) is 0 Å². The standard InChI is InChI=1S/CH5N3.3H2O4S.6H2O.V/c2-1(3)4;3*1-5(2,3)4;;;;;;;/h(H5,2,3,4);3*(H2,1,2,3,4);6*1H2;/p-5. The Labute approximate surface area is 158 Å². The minimum atomic E-state index is -5.17. The molecule has 0 unspecified atom stereocenters. The van der Waals surface area contributed by atoms with Crippen LogP contribution >= 0.6 is 0 Å². The predicted molar refractivity (Wildman–Crippen MR) is 68.4 cm³/mol. The van der Waals surface area contributed by atoms with Crippen molar-refractivity contribution in [2.45, 2.75) is 0 Å². The van der Waals surface area contributed by atoms with Gasteiger partial charge in [-0.2, -0.15) is 0 Å². The molecule has 25 heteroatoms. The average Bonchev–Trinajstić information content (AvgIpc) is 1.66. The fourth-order valence-electron chi connectivity index (χ4n) is 0. The van der Waals surface area contributed by atoms with Crippen molar-refractivity contribution in [2.75, 3.05) is 0 Å². The van der Waals surface area contributed by atoms with Crippen LogP contribution in [0.2, 0.25) is 0 Å². The number of hydrogen-bond acceptors (Lipinski definition) is 12. The van der Waals surface area contributed by atoms with Gasteiger partial charge in [-0.1, -0.05) is 0 Å². The van der Waals surface area contributed by atoms with E-state index in [1.807, 2.05) is 0 Å². The van der Waals surface area contributed by atoms with E-state index in [2.05, 4.69) is 16.9 Å². The van der Waals surface area contributed by atoms with Crippen LogP contribution in [0.3, 0.4) is 0 Å². The third-order valence-corrected chi connectivity index (χ3v) is 0. The Morgan fingerprint density at radius 3 is 0.538 bits per heavy atom. The molecule has 0 aliphatic heterocycles. The van der Waals surface area contributed by atoms with E-state index < -0.39 is 31.2 Å². The van der Waals surface area contributed by atoms with E-state index in [9.17, 15) is 0 Å². The van der Waals surface area contributed by atoms with Crippen LogP contribution in [-0.4, -0.2) is 91.4 Å². The van der Waals surface area contributed by atoms with Crippen molar-refractivity contribution in [2.24, 2.45) is 11.5 Å². The third kappa shape index (κ3) is 19100. The molecule has 173 valence electrons. The average molecular weight is 507 g/mol. The van der Waals surface area contributed by atoms with Gasteiger partial charge in [0.15, 0.2) is 0 Å². The largest absolute Gasteiger partial charge is 0.759 e. The second kappa shape index (κ2) is 31.9. The Bertz CT molecular complexity index is 435. The van der Waals surface area contributed by atoms with Crippen molar-refractivity contribution in [3.05, 3.63) is 0 Å². The molecule has 21 nitrogen and oxygen atoms in total. The van der Waals surface area contributed by atoms with E-state index in [0.29, 0.717) is 0 Å². The molecular formula is CH18N3O18S3V-5. The topological polar surface area (TPSA) is 507 Å². The summed E-state index contributed by atoms with van der Waals surface area (Å²) in [6, 6.07) is 0. The molecule has 0 aliphatic rings. The maximum absolute atomic E-state index is 8.52. The molecule has 0 spiro atoms. The van der Waals surface area contributed by atoms with Gasteiger partial charge in [-0.25, -0.2) is 0 Å². The normalized spacial score (nSPS) is 7.62. The zero-order valence-electron chi connectivity index (χ0n) is 11.8. The third-order valence-electron chi connectivity index (χ3n) is 0. The SMILES string of the molecule is NC(N)=[NH2+].O.O.O.O.O.O.O=S(=O)([O-])[O-].O=S(=O)([O-])[O-].O=S(=O)([O-])[O-].[V]. The minimum absolute atomic E-state index is 0. The molecule has 0 fully saturated rings. The molecule has 0 rings (SSSR count). The fraction of sp³-hybridized carbons (Fsp3) is 0. The molecular weight excluding hydrogens is 489 g/mol. The summed E-state index contributed by atoms with van der Waals surface area (Å²) < 4.78 is 102. The molecule has 0 amide bonds. The molecule has 0 atom stereocenters. The van der Waals surface area contributed by atoms with Crippen LogP contribution in [0.1, 0.15) is 0 Å². The van der Waals surface area contributed by atoms with Crippen LogP contribution < -0.4 is 16.9 Å². The van der Waals surface area contributed by atoms with Crippen LogP contribution in [0.15, 0.2) is 0 Å². The number of guanidine groups is 1. The number of rotatable bonds is 0. The van der Waals surface area contributed by atoms with Crippen LogP contribution in [-0.2, 0) is 49.8 Å². The number of hydrogen-bond donors (Lipinski definition) is 3. The zero-order chi connectivity index (χ0) is 17.1. The zero-order valence-corrected chi connectivity index (χ0v) is 15.6. The van der Waals surface area contributed by atoms with Crippen molar-refractivity contribution in [3.63, 3.8) is 0 Å². The van der Waals surface area contributed by atoms with Crippen LogP contribution in [0.5, 0.6) is 0 Å². The van der Waals surface area contributed by atoms with Gasteiger partial charge >= 0.3 is 5.96 Å². The summed E-state index contributed by atoms with van der Waals surface area (Å²) in [7, 11) is -15.5. The molecule has 0 saturated heterocycles. The van der Waals surface area contributed by atoms with Gasteiger partial charge in [0.05, 0.1) is 0 Å². The van der Waals surface area contributed by atoms with Crippen LogP contribution in [0.25, 0.3) is 0 Å². The maximum Gasteiger partial charge on any atom is 0.336 e. The summed E-state index contributed by atoms with van der Waals surface area (Å²) in [4.78, 5) is 0. The predicted octanol–water partition coefficient (Wildman–Crippen LogP) is -11.9. The maximum atomic E-state index is 8.52. The molecule has 0 saturated carbocycles. The van der Waals surface area contributed by atoms with Gasteiger partial charge < -0.3 is 60.2 Å². The minimum Gasteiger partial charge on any atom is -0.759 e. The Hall–Kier alpha value is -0.776. The second-order valence-corrected chi connectivity index (χ2v) is 4.17. The van der Waals surface area contributed by atoms with Crippen molar-refractivity contribution in [3.8, 4) is 0 Å². The Kier molecular flexibility index (Phi) is 89.9. The molecule has 0 aromatic rings. The van der Waals surface area contributed by atoms with E-state index in [1.54, 1.807) is 0 Å². The van der Waals surface area contributed by atoms with E-state index in [0.717, 1.165) is 0 Å². The smallest absolute Gasteiger partial charge is 0.336 e. The quantitative estimate of drug-likeness (QED) is 0.119. The van der Waals surface area contributed by atoms with Crippen molar-refractivity contribution < 1.29 is 109 Å². The van der Waals surface area contributed by atoms with Gasteiger partial charge in [0, 0.05) is 49.8 Å². The van der Waals surface area contributed by atoms with Gasteiger partial charge in [-0.3, -0.25) is 42.1 Å². The summed E-state index contributed by atoms with van der Waals surface area (Å²) in [6.07, 6.45) is 0. The molecule has 0 bridgehead atoms. The van der Waals surface area contributed by atoms with E-state index in [1.165, 1.54) is 0 Å². The summed E-state index contributed by atoms with van der Waals surface area (Å²) in [5, 5.41) is 4.58. The van der Waals surface area contributed by atoms with Crippen molar-refractivity contribution in [1.29, 1.82) is 0 Å². The summed E-state index contributed by atoms with van der Waals surface area (Å²) in [5.74, 6) is -0.0833. The first-order chi connectivity index (χ1) is 7.73. The van der Waals surface area contributed by atoms with E-state index in [-0.39, 0.29) is 57.4 Å². The monoisotopic (exact) mass is 507 g/mol. The fourth-order valence-corrected chi connectivity index (χ4v) is 0. The first kappa shape index (κ1) is 73.2. The molecule has 1 radical (unpaired) electrons. The first-order valence-corrected chi connectivity index (χ1v) is 6.87. The van der Waals surface area contributed by atoms with E-state index in [4.69, 9.17) is 52.6 Å². The number of nitrogens with two attached hydrogens (primary N) is 3. The Morgan fingerprint density at radius 1 is 0.538 bits per heavy atom. The summed E-state index contributed by atoms with van der Waals surface area (Å²) >= 11 is 0. The molecule has 18 N–H and O–H groups in total. The molecule has 0 heterocycles. The van der Waals surface area contributed by atoms with Crippen LogP contribution in [0, 0.1) is 0 Å². The van der Waals surface area contributed by atoms with Gasteiger partial charge in [0.2, 0.25) is 0 Å². The van der Waals surface area contributed by atoms with Crippen molar-refractivity contribution >= 4 is 37.2 Å². The van der Waals surface area contributed by atoms with Gasteiger partial charge in [0.1, 0.15) is 0 Å². The molecule has 0 aromatic heterocycles. The second-order valence-electron chi connectivity index (χ2n) is 1.72.